The molecule has 0 spiro atoms. The summed E-state index contributed by atoms with van der Waals surface area (Å²) < 4.78 is 141. The molecule has 3 aromatic rings. The number of alkyl halides is 7. The van der Waals surface area contributed by atoms with Crippen molar-refractivity contribution in [1.82, 2.24) is 10.1 Å². The molecule has 216 valence electrons. The van der Waals surface area contributed by atoms with Crippen molar-refractivity contribution in [3.8, 4) is 0 Å². The van der Waals surface area contributed by atoms with Gasteiger partial charge in [-0.05, 0) is 54.2 Å². The second-order valence-corrected chi connectivity index (χ2v) is 12.0. The Labute approximate surface area is 222 Å². The van der Waals surface area contributed by atoms with Crippen LogP contribution in [0.1, 0.15) is 35.1 Å². The van der Waals surface area contributed by atoms with Crippen molar-refractivity contribution in [3.05, 3.63) is 83.0 Å². The van der Waals surface area contributed by atoms with Gasteiger partial charge in [0.2, 0.25) is 0 Å². The van der Waals surface area contributed by atoms with Gasteiger partial charge in [-0.3, -0.25) is 4.90 Å². The van der Waals surface area contributed by atoms with Gasteiger partial charge in [0.1, 0.15) is 10.6 Å². The number of aromatic nitrogens is 1. The van der Waals surface area contributed by atoms with Gasteiger partial charge in [0.15, 0.2) is 21.8 Å². The predicted octanol–water partition coefficient (Wildman–Crippen LogP) is 5.34. The molecule has 0 radical (unpaired) electrons. The molecule has 2 aromatic carbocycles. The Kier molecular flexibility index (Phi) is 6.58. The highest BCUT2D eigenvalue weighted by Crippen LogP contribution is 2.57. The highest BCUT2D eigenvalue weighted by atomic mass is 32.2. The molecular weight excluding hydrogens is 576 g/mol. The highest BCUT2D eigenvalue weighted by molar-refractivity contribution is 7.92. The molecule has 0 saturated carbocycles. The van der Waals surface area contributed by atoms with Crippen molar-refractivity contribution < 1.29 is 53.2 Å². The number of rotatable bonds is 5. The van der Waals surface area contributed by atoms with E-state index in [1.54, 1.807) is 0 Å². The van der Waals surface area contributed by atoms with E-state index in [-0.39, 0.29) is 41.2 Å². The van der Waals surface area contributed by atoms with Crippen LogP contribution in [0.4, 0.5) is 35.1 Å². The highest BCUT2D eigenvalue weighted by Gasteiger charge is 2.73. The zero-order valence-corrected chi connectivity index (χ0v) is 21.0. The standard InChI is InChI=1S/C25H20F8N2O4S/c26-17-4-6-18(7-5-17)40(37,38)22-13-35(21(36)20-9-10-34-39-20)12-16(22)2-1-14-11-15(3-8-19(14)22)23(27,24(28,29)30)25(31,32)33/h3-11,16,21,36H,1-2,12-13H2. The number of sulfone groups is 1. The number of aliphatic hydroxyl groups excluding tert-OH is 1. The predicted molar refractivity (Wildman–Crippen MR) is 121 cm³/mol. The van der Waals surface area contributed by atoms with Gasteiger partial charge in [-0.2, -0.15) is 26.3 Å². The summed E-state index contributed by atoms with van der Waals surface area (Å²) in [6, 6.07) is 6.58. The van der Waals surface area contributed by atoms with E-state index in [2.05, 4.69) is 5.16 Å². The normalized spacial score (nSPS) is 23.1. The summed E-state index contributed by atoms with van der Waals surface area (Å²) in [6.45, 7) is -0.507. The number of likely N-dealkylation sites (tertiary alicyclic amines) is 1. The minimum Gasteiger partial charge on any atom is -0.371 e. The van der Waals surface area contributed by atoms with E-state index >= 15 is 0 Å². The topological polar surface area (TPSA) is 83.6 Å². The molecule has 2 aliphatic rings. The van der Waals surface area contributed by atoms with E-state index in [1.807, 2.05) is 0 Å². The van der Waals surface area contributed by atoms with Crippen molar-refractivity contribution >= 4 is 9.84 Å². The van der Waals surface area contributed by atoms with Gasteiger partial charge >= 0.3 is 18.0 Å². The SMILES string of the molecule is O=S(=O)(c1ccc(F)cc1)C12CN(C(O)c3ccno3)CC1CCc1cc(C(F)(C(F)(F)F)C(F)(F)F)ccc12. The van der Waals surface area contributed by atoms with Gasteiger partial charge in [-0.1, -0.05) is 23.4 Å². The summed E-state index contributed by atoms with van der Waals surface area (Å²) >= 11 is 0. The van der Waals surface area contributed by atoms with Crippen LogP contribution in [-0.4, -0.2) is 49.0 Å². The number of fused-ring (bicyclic) bond motifs is 3. The van der Waals surface area contributed by atoms with Gasteiger partial charge < -0.3 is 9.63 Å². The molecule has 0 bridgehead atoms. The molecule has 6 nitrogen and oxygen atoms in total. The fourth-order valence-corrected chi connectivity index (χ4v) is 8.17. The van der Waals surface area contributed by atoms with Crippen LogP contribution >= 0.6 is 0 Å². The van der Waals surface area contributed by atoms with Gasteiger partial charge in [0.05, 0.1) is 11.1 Å². The van der Waals surface area contributed by atoms with Crippen LogP contribution in [0.25, 0.3) is 0 Å². The molecule has 2 heterocycles. The van der Waals surface area contributed by atoms with E-state index in [4.69, 9.17) is 4.52 Å². The van der Waals surface area contributed by atoms with Gasteiger partial charge in [0, 0.05) is 24.7 Å². The lowest BCUT2D eigenvalue weighted by Crippen LogP contribution is -2.51. The third-order valence-corrected chi connectivity index (χ3v) is 10.3. The molecule has 1 fully saturated rings. The van der Waals surface area contributed by atoms with E-state index in [0.717, 1.165) is 30.3 Å². The first-order chi connectivity index (χ1) is 18.5. The molecule has 5 rings (SSSR count). The zero-order chi connectivity index (χ0) is 29.3. The lowest BCUT2D eigenvalue weighted by Gasteiger charge is -2.41. The number of hydrogen-bond donors (Lipinski definition) is 1. The van der Waals surface area contributed by atoms with Crippen LogP contribution in [0.2, 0.25) is 0 Å². The number of halogens is 8. The van der Waals surface area contributed by atoms with Gasteiger partial charge in [-0.15, -0.1) is 0 Å². The molecule has 40 heavy (non-hydrogen) atoms. The number of aliphatic hydroxyl groups is 1. The summed E-state index contributed by atoms with van der Waals surface area (Å²) in [6.07, 6.45) is -13.1. The molecule has 1 saturated heterocycles. The van der Waals surface area contributed by atoms with Crippen LogP contribution < -0.4 is 0 Å². The van der Waals surface area contributed by atoms with Crippen molar-refractivity contribution in [2.75, 3.05) is 13.1 Å². The Morgan fingerprint density at radius 1 is 1.00 bits per heavy atom. The minimum atomic E-state index is -6.35. The maximum Gasteiger partial charge on any atom is 0.435 e. The van der Waals surface area contributed by atoms with Crippen molar-refractivity contribution in [1.29, 1.82) is 0 Å². The first-order valence-electron chi connectivity index (χ1n) is 11.8. The largest absolute Gasteiger partial charge is 0.435 e. The lowest BCUT2D eigenvalue weighted by atomic mass is 9.75. The molecule has 1 aromatic heterocycles. The molecule has 3 unspecified atom stereocenters. The molecule has 1 N–H and O–H groups in total. The average Bonchev–Trinajstić information content (AvgIpc) is 3.55. The van der Waals surface area contributed by atoms with Crippen LogP contribution in [0.15, 0.2) is 64.1 Å². The number of nitrogens with zero attached hydrogens (tertiary/aromatic N) is 2. The minimum absolute atomic E-state index is 0.0267. The summed E-state index contributed by atoms with van der Waals surface area (Å²) in [5.41, 5.74) is -7.77. The summed E-state index contributed by atoms with van der Waals surface area (Å²) in [5, 5.41) is 14.4. The van der Waals surface area contributed by atoms with Crippen molar-refractivity contribution in [2.45, 2.75) is 46.7 Å². The first kappa shape index (κ1) is 28.5. The number of aryl methyl sites for hydroxylation is 1. The van der Waals surface area contributed by atoms with Crippen molar-refractivity contribution in [3.63, 3.8) is 0 Å². The molecule has 1 aliphatic heterocycles. The monoisotopic (exact) mass is 596 g/mol. The molecular formula is C25H20F8N2O4S. The Balaban J connectivity index is 1.70. The summed E-state index contributed by atoms with van der Waals surface area (Å²) in [4.78, 5) is 0.984. The van der Waals surface area contributed by atoms with Crippen LogP contribution in [0, 0.1) is 11.7 Å². The quantitative estimate of drug-likeness (QED) is 0.316. The van der Waals surface area contributed by atoms with E-state index in [0.29, 0.717) is 12.1 Å². The van der Waals surface area contributed by atoms with E-state index in [9.17, 15) is 48.6 Å². The van der Waals surface area contributed by atoms with Crippen LogP contribution in [0.5, 0.6) is 0 Å². The third-order valence-electron chi connectivity index (χ3n) is 7.72. The first-order valence-corrected chi connectivity index (χ1v) is 13.3. The molecule has 3 atom stereocenters. The third kappa shape index (κ3) is 4.04. The average molecular weight is 596 g/mol. The molecule has 1 aliphatic carbocycles. The van der Waals surface area contributed by atoms with Gasteiger partial charge in [0.25, 0.3) is 0 Å². The van der Waals surface area contributed by atoms with Gasteiger partial charge in [-0.25, -0.2) is 17.2 Å². The van der Waals surface area contributed by atoms with Crippen LogP contribution in [0.3, 0.4) is 0 Å². The second kappa shape index (κ2) is 9.24. The summed E-state index contributed by atoms with van der Waals surface area (Å²) in [5.74, 6) is -1.57. The maximum atomic E-state index is 14.9. The molecule has 15 heteroatoms. The fourth-order valence-electron chi connectivity index (χ4n) is 5.80. The zero-order valence-electron chi connectivity index (χ0n) is 20.2. The Hall–Kier alpha value is -3.04. The van der Waals surface area contributed by atoms with E-state index in [1.165, 1.54) is 17.2 Å². The Bertz CT molecular complexity index is 1490. The Morgan fingerprint density at radius 3 is 2.23 bits per heavy atom. The number of hydrogen-bond acceptors (Lipinski definition) is 6. The van der Waals surface area contributed by atoms with Crippen molar-refractivity contribution in [2.24, 2.45) is 5.92 Å². The van der Waals surface area contributed by atoms with Crippen LogP contribution in [-0.2, 0) is 26.7 Å². The second-order valence-electron chi connectivity index (χ2n) is 9.83. The molecule has 0 amide bonds. The Morgan fingerprint density at radius 2 is 1.65 bits per heavy atom. The van der Waals surface area contributed by atoms with E-state index < -0.39 is 62.7 Å². The lowest BCUT2D eigenvalue weighted by molar-refractivity contribution is -0.348. The maximum absolute atomic E-state index is 14.9. The smallest absolute Gasteiger partial charge is 0.371 e. The summed E-state index contributed by atoms with van der Waals surface area (Å²) in [7, 11) is -4.53. The number of benzene rings is 2. The fraction of sp³-hybridized carbons (Fsp3) is 0.400.